The number of halogens is 2. The van der Waals surface area contributed by atoms with Gasteiger partial charge in [-0.25, -0.2) is 8.78 Å². The van der Waals surface area contributed by atoms with Gasteiger partial charge in [-0.3, -0.25) is 5.41 Å². The molecule has 1 aromatic carbocycles. The van der Waals surface area contributed by atoms with Gasteiger partial charge in [0.05, 0.1) is 0 Å². The van der Waals surface area contributed by atoms with E-state index in [-0.39, 0.29) is 5.56 Å². The largest absolute Gasteiger partial charge is 0.299 e. The highest BCUT2D eigenvalue weighted by Crippen LogP contribution is 2.08. The summed E-state index contributed by atoms with van der Waals surface area (Å²) in [5.74, 6) is 0. The standard InChI is InChI=1S/C9H9F2N/c1-6-2-4-7(5-3-6)8(12)9(10)11/h2-5,9,12H,1H3. The van der Waals surface area contributed by atoms with Gasteiger partial charge >= 0.3 is 0 Å². The maximum absolute atomic E-state index is 12.0. The molecule has 0 heterocycles. The summed E-state index contributed by atoms with van der Waals surface area (Å²) in [6.45, 7) is 1.87. The number of rotatable bonds is 2. The first-order valence-corrected chi connectivity index (χ1v) is 3.55. The molecule has 1 nitrogen and oxygen atoms in total. The van der Waals surface area contributed by atoms with E-state index >= 15 is 0 Å². The van der Waals surface area contributed by atoms with E-state index < -0.39 is 12.1 Å². The Morgan fingerprint density at radius 2 is 1.75 bits per heavy atom. The van der Waals surface area contributed by atoms with E-state index in [4.69, 9.17) is 5.41 Å². The van der Waals surface area contributed by atoms with Crippen LogP contribution in [0, 0.1) is 12.3 Å². The minimum Gasteiger partial charge on any atom is -0.299 e. The molecule has 0 bridgehead atoms. The van der Waals surface area contributed by atoms with Gasteiger partial charge in [0.15, 0.2) is 0 Å². The second-order valence-corrected chi connectivity index (χ2v) is 2.58. The molecule has 0 aromatic heterocycles. The molecule has 0 spiro atoms. The third-order valence-electron chi connectivity index (χ3n) is 1.58. The van der Waals surface area contributed by atoms with Gasteiger partial charge in [-0.2, -0.15) is 0 Å². The molecule has 1 N–H and O–H groups in total. The van der Waals surface area contributed by atoms with Crippen LogP contribution in [0.15, 0.2) is 24.3 Å². The number of hydrogen-bond donors (Lipinski definition) is 1. The van der Waals surface area contributed by atoms with Crippen LogP contribution >= 0.6 is 0 Å². The van der Waals surface area contributed by atoms with Crippen molar-refractivity contribution in [3.05, 3.63) is 35.4 Å². The molecule has 0 saturated carbocycles. The van der Waals surface area contributed by atoms with Gasteiger partial charge in [0.1, 0.15) is 5.71 Å². The molecule has 0 amide bonds. The van der Waals surface area contributed by atoms with Crippen LogP contribution < -0.4 is 0 Å². The highest BCUT2D eigenvalue weighted by atomic mass is 19.3. The van der Waals surface area contributed by atoms with Gasteiger partial charge in [0.2, 0.25) is 0 Å². The van der Waals surface area contributed by atoms with Gasteiger partial charge in [-0.1, -0.05) is 29.8 Å². The molecule has 12 heavy (non-hydrogen) atoms. The molecule has 0 fully saturated rings. The number of hydrogen-bond acceptors (Lipinski definition) is 1. The Kier molecular flexibility index (Phi) is 2.53. The van der Waals surface area contributed by atoms with Crippen LogP contribution in [-0.2, 0) is 0 Å². The summed E-state index contributed by atoms with van der Waals surface area (Å²) in [4.78, 5) is 0. The zero-order valence-electron chi connectivity index (χ0n) is 6.64. The molecule has 1 rings (SSSR count). The number of nitrogens with one attached hydrogen (secondary N) is 1. The predicted molar refractivity (Wildman–Crippen MR) is 44.0 cm³/mol. The molecular formula is C9H9F2N. The summed E-state index contributed by atoms with van der Waals surface area (Å²) in [6, 6.07) is 6.49. The van der Waals surface area contributed by atoms with Crippen molar-refractivity contribution in [2.45, 2.75) is 13.3 Å². The fraction of sp³-hybridized carbons (Fsp3) is 0.222. The molecule has 1 aromatic rings. The Morgan fingerprint density at radius 1 is 1.25 bits per heavy atom. The molecule has 0 aliphatic rings. The molecule has 0 unspecified atom stereocenters. The van der Waals surface area contributed by atoms with Crippen LogP contribution in [0.2, 0.25) is 0 Å². The predicted octanol–water partition coefficient (Wildman–Crippen LogP) is 2.63. The molecule has 0 radical (unpaired) electrons. The lowest BCUT2D eigenvalue weighted by atomic mass is 10.1. The Morgan fingerprint density at radius 3 is 2.17 bits per heavy atom. The molecule has 0 saturated heterocycles. The molecule has 3 heteroatoms. The quantitative estimate of drug-likeness (QED) is 0.658. The maximum atomic E-state index is 12.0. The Labute approximate surface area is 69.5 Å². The second kappa shape index (κ2) is 3.43. The number of benzene rings is 1. The lowest BCUT2D eigenvalue weighted by Crippen LogP contribution is -2.09. The van der Waals surface area contributed by atoms with E-state index in [0.717, 1.165) is 5.56 Å². The van der Waals surface area contributed by atoms with Gasteiger partial charge < -0.3 is 0 Å². The van der Waals surface area contributed by atoms with E-state index in [0.29, 0.717) is 0 Å². The average molecular weight is 169 g/mol. The van der Waals surface area contributed by atoms with E-state index in [1.54, 1.807) is 12.1 Å². The molecule has 0 aliphatic carbocycles. The summed E-state index contributed by atoms with van der Waals surface area (Å²) in [5.41, 5.74) is 0.673. The monoisotopic (exact) mass is 169 g/mol. The van der Waals surface area contributed by atoms with Crippen LogP contribution in [0.3, 0.4) is 0 Å². The highest BCUT2D eigenvalue weighted by molar-refractivity contribution is 6.00. The fourth-order valence-corrected chi connectivity index (χ4v) is 0.859. The lowest BCUT2D eigenvalue weighted by Gasteiger charge is -2.01. The van der Waals surface area contributed by atoms with Crippen molar-refractivity contribution in [1.29, 1.82) is 5.41 Å². The van der Waals surface area contributed by atoms with Gasteiger partial charge in [0.25, 0.3) is 6.43 Å². The maximum Gasteiger partial charge on any atom is 0.280 e. The first-order chi connectivity index (χ1) is 5.61. The smallest absolute Gasteiger partial charge is 0.280 e. The van der Waals surface area contributed by atoms with Gasteiger partial charge in [-0.15, -0.1) is 0 Å². The van der Waals surface area contributed by atoms with E-state index in [1.165, 1.54) is 12.1 Å². The number of aryl methyl sites for hydroxylation is 1. The summed E-state index contributed by atoms with van der Waals surface area (Å²) in [5, 5.41) is 7.00. The average Bonchev–Trinajstić information content (AvgIpc) is 2.04. The van der Waals surface area contributed by atoms with Crippen LogP contribution in [0.25, 0.3) is 0 Å². The topological polar surface area (TPSA) is 23.9 Å². The number of alkyl halides is 2. The van der Waals surface area contributed by atoms with E-state index in [2.05, 4.69) is 0 Å². The SMILES string of the molecule is Cc1ccc(C(=N)C(F)F)cc1. The Bertz CT molecular complexity index is 277. The van der Waals surface area contributed by atoms with Crippen LogP contribution in [0.4, 0.5) is 8.78 Å². The first kappa shape index (κ1) is 8.84. The minimum atomic E-state index is -2.69. The van der Waals surface area contributed by atoms with Crippen molar-refractivity contribution < 1.29 is 8.78 Å². The summed E-state index contributed by atoms with van der Waals surface area (Å²) in [6.07, 6.45) is -2.69. The van der Waals surface area contributed by atoms with E-state index in [1.807, 2.05) is 6.92 Å². The first-order valence-electron chi connectivity index (χ1n) is 3.55. The lowest BCUT2D eigenvalue weighted by molar-refractivity contribution is 0.225. The zero-order chi connectivity index (χ0) is 9.14. The van der Waals surface area contributed by atoms with Crippen molar-refractivity contribution in [3.63, 3.8) is 0 Å². The summed E-state index contributed by atoms with van der Waals surface area (Å²) in [7, 11) is 0. The Hall–Kier alpha value is -1.25. The fourth-order valence-electron chi connectivity index (χ4n) is 0.859. The third-order valence-corrected chi connectivity index (χ3v) is 1.58. The molecule has 0 atom stereocenters. The van der Waals surface area contributed by atoms with Crippen molar-refractivity contribution in [2.24, 2.45) is 0 Å². The second-order valence-electron chi connectivity index (χ2n) is 2.58. The third kappa shape index (κ3) is 1.87. The van der Waals surface area contributed by atoms with Crippen molar-refractivity contribution >= 4 is 5.71 Å². The van der Waals surface area contributed by atoms with Gasteiger partial charge in [0, 0.05) is 5.56 Å². The molecule has 0 aliphatic heterocycles. The summed E-state index contributed by atoms with van der Waals surface area (Å²) >= 11 is 0. The normalized spacial score (nSPS) is 10.3. The van der Waals surface area contributed by atoms with Crippen LogP contribution in [0.1, 0.15) is 11.1 Å². The highest BCUT2D eigenvalue weighted by Gasteiger charge is 2.11. The molecular weight excluding hydrogens is 160 g/mol. The van der Waals surface area contributed by atoms with Crippen LogP contribution in [0.5, 0.6) is 0 Å². The van der Waals surface area contributed by atoms with Crippen molar-refractivity contribution in [2.75, 3.05) is 0 Å². The Balaban J connectivity index is 2.90. The minimum absolute atomic E-state index is 0.288. The van der Waals surface area contributed by atoms with Crippen molar-refractivity contribution in [3.8, 4) is 0 Å². The van der Waals surface area contributed by atoms with E-state index in [9.17, 15) is 8.78 Å². The van der Waals surface area contributed by atoms with Crippen LogP contribution in [-0.4, -0.2) is 12.1 Å². The van der Waals surface area contributed by atoms with Crippen molar-refractivity contribution in [1.82, 2.24) is 0 Å². The zero-order valence-corrected chi connectivity index (χ0v) is 6.64. The molecule has 64 valence electrons. The van der Waals surface area contributed by atoms with Gasteiger partial charge in [-0.05, 0) is 6.92 Å². The summed E-state index contributed by atoms with van der Waals surface area (Å²) < 4.78 is 24.0.